The zero-order valence-corrected chi connectivity index (χ0v) is 22.5. The number of hydrogen-bond donors (Lipinski definition) is 2. The first-order chi connectivity index (χ1) is 17.2. The first-order valence-electron chi connectivity index (χ1n) is 11.8. The molecule has 1 aliphatic heterocycles. The average Bonchev–Trinajstić information content (AvgIpc) is 3.01. The molecule has 1 heterocycles. The summed E-state index contributed by atoms with van der Waals surface area (Å²) < 4.78 is 6.04. The van der Waals surface area contributed by atoms with Crippen LogP contribution >= 0.6 is 22.6 Å². The van der Waals surface area contributed by atoms with Crippen LogP contribution in [0.5, 0.6) is 11.5 Å². The Morgan fingerprint density at radius 2 is 1.83 bits per heavy atom. The Hall–Kier alpha value is -3.20. The second-order valence-electron chi connectivity index (χ2n) is 10.2. The lowest BCUT2D eigenvalue weighted by molar-refractivity contribution is -0.124. The van der Waals surface area contributed by atoms with E-state index in [4.69, 9.17) is 9.73 Å². The number of carbonyl (C=O) groups is 2. The van der Waals surface area contributed by atoms with Crippen LogP contribution in [0.1, 0.15) is 54.2 Å². The smallest absolute Gasteiger partial charge is 0.193 e. The molecule has 0 saturated heterocycles. The predicted molar refractivity (Wildman–Crippen MR) is 149 cm³/mol. The molecule has 1 fully saturated rings. The molecule has 5 rings (SSSR count). The number of aliphatic imine (C=N–C) groups is 1. The van der Waals surface area contributed by atoms with E-state index in [0.717, 1.165) is 17.0 Å². The summed E-state index contributed by atoms with van der Waals surface area (Å²) in [6.07, 6.45) is 1.12. The first-order valence-corrected chi connectivity index (χ1v) is 12.9. The molecule has 0 spiro atoms. The predicted octanol–water partition coefficient (Wildman–Crippen LogP) is 6.48. The summed E-state index contributed by atoms with van der Waals surface area (Å²) in [7, 11) is 1.51. The van der Waals surface area contributed by atoms with Gasteiger partial charge in [0, 0.05) is 23.3 Å². The van der Waals surface area contributed by atoms with E-state index >= 15 is 0 Å². The lowest BCUT2D eigenvalue weighted by atomic mass is 9.68. The molecular weight excluding hydrogens is 567 g/mol. The molecule has 1 aliphatic carbocycles. The maximum absolute atomic E-state index is 13.5. The number of anilines is 1. The fourth-order valence-corrected chi connectivity index (χ4v) is 5.80. The number of phenolic OH excluding ortho intramolecular Hbond substituents is 1. The molecule has 0 unspecified atom stereocenters. The maximum Gasteiger partial charge on any atom is 0.193 e. The van der Waals surface area contributed by atoms with E-state index < -0.39 is 12.0 Å². The Morgan fingerprint density at radius 1 is 1.08 bits per heavy atom. The first kappa shape index (κ1) is 24.5. The summed E-state index contributed by atoms with van der Waals surface area (Å²) in [5, 5.41) is 13.9. The minimum atomic E-state index is -0.469. The van der Waals surface area contributed by atoms with Gasteiger partial charge in [0.1, 0.15) is 5.78 Å². The van der Waals surface area contributed by atoms with Crippen molar-refractivity contribution in [1.82, 2.24) is 0 Å². The molecular formula is C29H27IN2O4. The highest BCUT2D eigenvalue weighted by molar-refractivity contribution is 14.1. The van der Waals surface area contributed by atoms with Gasteiger partial charge in [0.25, 0.3) is 0 Å². The van der Waals surface area contributed by atoms with Gasteiger partial charge in [0.2, 0.25) is 0 Å². The second-order valence-corrected chi connectivity index (χ2v) is 11.3. The summed E-state index contributed by atoms with van der Waals surface area (Å²) in [5.41, 5.74) is 3.98. The van der Waals surface area contributed by atoms with Gasteiger partial charge in [0.15, 0.2) is 17.3 Å². The number of rotatable bonds is 4. The van der Waals surface area contributed by atoms with E-state index in [1.165, 1.54) is 7.11 Å². The molecule has 2 atom stereocenters. The highest BCUT2D eigenvalue weighted by Gasteiger charge is 2.44. The third kappa shape index (κ3) is 4.52. The van der Waals surface area contributed by atoms with Gasteiger partial charge in [-0.15, -0.1) is 0 Å². The number of methoxy groups -OCH3 is 1. The van der Waals surface area contributed by atoms with E-state index in [0.29, 0.717) is 39.0 Å². The van der Waals surface area contributed by atoms with Crippen molar-refractivity contribution in [2.24, 2.45) is 16.3 Å². The monoisotopic (exact) mass is 594 g/mol. The van der Waals surface area contributed by atoms with E-state index in [-0.39, 0.29) is 22.7 Å². The Bertz CT molecular complexity index is 1400. The van der Waals surface area contributed by atoms with Crippen molar-refractivity contribution in [2.75, 3.05) is 12.4 Å². The quantitative estimate of drug-likeness (QED) is 0.267. The van der Waals surface area contributed by atoms with Crippen LogP contribution in [-0.2, 0) is 4.79 Å². The Kier molecular flexibility index (Phi) is 6.36. The number of aromatic hydroxyl groups is 1. The van der Waals surface area contributed by atoms with Crippen LogP contribution in [0.15, 0.2) is 65.7 Å². The number of benzene rings is 3. The van der Waals surface area contributed by atoms with Crippen molar-refractivity contribution in [3.05, 3.63) is 80.9 Å². The van der Waals surface area contributed by atoms with E-state index in [1.54, 1.807) is 30.3 Å². The van der Waals surface area contributed by atoms with E-state index in [1.807, 2.05) is 30.3 Å². The maximum atomic E-state index is 13.5. The minimum absolute atomic E-state index is 0.0740. The van der Waals surface area contributed by atoms with Crippen molar-refractivity contribution < 1.29 is 19.4 Å². The van der Waals surface area contributed by atoms with Crippen molar-refractivity contribution in [3.8, 4) is 11.5 Å². The number of ether oxygens (including phenoxy) is 1. The third-order valence-corrected chi connectivity index (χ3v) is 7.67. The highest BCUT2D eigenvalue weighted by Crippen LogP contribution is 2.46. The van der Waals surface area contributed by atoms with Crippen LogP contribution in [0.4, 0.5) is 11.4 Å². The molecule has 0 aromatic heterocycles. The van der Waals surface area contributed by atoms with Gasteiger partial charge in [-0.05, 0) is 70.3 Å². The largest absolute Gasteiger partial charge is 0.504 e. The molecule has 36 heavy (non-hydrogen) atoms. The highest BCUT2D eigenvalue weighted by atomic mass is 127. The van der Waals surface area contributed by atoms with Crippen LogP contribution in [0.2, 0.25) is 0 Å². The topological polar surface area (TPSA) is 88.0 Å². The van der Waals surface area contributed by atoms with Gasteiger partial charge in [-0.1, -0.05) is 44.2 Å². The molecule has 0 amide bonds. The van der Waals surface area contributed by atoms with Gasteiger partial charge < -0.3 is 15.2 Å². The number of carbonyl (C=O) groups excluding carboxylic acids is 2. The molecule has 0 bridgehead atoms. The normalized spacial score (nSPS) is 20.3. The summed E-state index contributed by atoms with van der Waals surface area (Å²) in [6.45, 7) is 4.17. The Balaban J connectivity index is 1.64. The standard InChI is InChI=1S/C29H27IN2O4/c1-29(2)14-22-25(23(33)15-29)26(18-11-19(30)28(35)24(13-18)36-3)32-20-10-9-17(12-21(20)31-22)27(34)16-7-5-4-6-8-16/h4-13,25-26,32,35H,14-15H2,1-3H3/t25-,26+/m0/s1. The summed E-state index contributed by atoms with van der Waals surface area (Å²) >= 11 is 2.07. The van der Waals surface area contributed by atoms with Crippen LogP contribution < -0.4 is 10.1 Å². The van der Waals surface area contributed by atoms with Gasteiger partial charge >= 0.3 is 0 Å². The van der Waals surface area contributed by atoms with Crippen molar-refractivity contribution in [3.63, 3.8) is 0 Å². The van der Waals surface area contributed by atoms with Gasteiger partial charge in [-0.2, -0.15) is 0 Å². The van der Waals surface area contributed by atoms with E-state index in [2.05, 4.69) is 41.8 Å². The molecule has 3 aromatic rings. The fraction of sp³-hybridized carbons (Fsp3) is 0.276. The summed E-state index contributed by atoms with van der Waals surface area (Å²) in [6, 6.07) is 17.9. The van der Waals surface area contributed by atoms with Gasteiger partial charge in [-0.25, -0.2) is 0 Å². The van der Waals surface area contributed by atoms with Crippen molar-refractivity contribution >= 4 is 51.2 Å². The molecule has 2 aliphatic rings. The lowest BCUT2D eigenvalue weighted by Crippen LogP contribution is -2.42. The molecule has 0 radical (unpaired) electrons. The zero-order valence-electron chi connectivity index (χ0n) is 20.3. The van der Waals surface area contributed by atoms with Crippen LogP contribution in [-0.4, -0.2) is 29.5 Å². The van der Waals surface area contributed by atoms with Crippen LogP contribution in [0, 0.1) is 14.9 Å². The molecule has 7 heteroatoms. The number of halogens is 1. The molecule has 1 saturated carbocycles. The average molecular weight is 594 g/mol. The summed E-state index contributed by atoms with van der Waals surface area (Å²) in [5.74, 6) is 0.00879. The number of phenols is 1. The number of ketones is 2. The molecule has 6 nitrogen and oxygen atoms in total. The fourth-order valence-electron chi connectivity index (χ4n) is 5.17. The number of nitrogens with one attached hydrogen (secondary N) is 1. The zero-order chi connectivity index (χ0) is 25.6. The number of fused-ring (bicyclic) bond motifs is 2. The Morgan fingerprint density at radius 3 is 2.56 bits per heavy atom. The lowest BCUT2D eigenvalue weighted by Gasteiger charge is -2.37. The molecule has 184 valence electrons. The number of Topliss-reactive ketones (excluding diaryl/α,β-unsaturated/α-hetero) is 1. The molecule has 3 aromatic carbocycles. The van der Waals surface area contributed by atoms with Crippen molar-refractivity contribution in [2.45, 2.75) is 32.7 Å². The van der Waals surface area contributed by atoms with Crippen molar-refractivity contribution in [1.29, 1.82) is 0 Å². The van der Waals surface area contributed by atoms with E-state index in [9.17, 15) is 14.7 Å². The number of hydrogen-bond acceptors (Lipinski definition) is 6. The van der Waals surface area contributed by atoms with Crippen LogP contribution in [0.25, 0.3) is 0 Å². The van der Waals surface area contributed by atoms with Gasteiger partial charge in [-0.3, -0.25) is 14.6 Å². The minimum Gasteiger partial charge on any atom is -0.504 e. The number of nitrogens with zero attached hydrogens (tertiary/aromatic N) is 1. The molecule has 2 N–H and O–H groups in total. The third-order valence-electron chi connectivity index (χ3n) is 6.85. The Labute approximate surface area is 223 Å². The second kappa shape index (κ2) is 9.35. The summed E-state index contributed by atoms with van der Waals surface area (Å²) in [4.78, 5) is 31.7. The van der Waals surface area contributed by atoms with Crippen LogP contribution in [0.3, 0.4) is 0 Å². The SMILES string of the molecule is COc1cc([C@H]2Nc3ccc(C(=O)c4ccccc4)cc3N=C3CC(C)(C)CC(=O)[C@H]32)cc(I)c1O. The van der Waals surface area contributed by atoms with Gasteiger partial charge in [0.05, 0.1) is 34.0 Å².